The highest BCUT2D eigenvalue weighted by Crippen LogP contribution is 2.39. The Labute approximate surface area is 326 Å². The first-order valence-corrected chi connectivity index (χ1v) is 18.8. The van der Waals surface area contributed by atoms with Gasteiger partial charge in [0, 0.05) is 25.7 Å². The Morgan fingerprint density at radius 2 is 0.536 bits per heavy atom. The van der Waals surface area contributed by atoms with Crippen LogP contribution >= 0.6 is 0 Å². The second kappa shape index (κ2) is 20.6. The van der Waals surface area contributed by atoms with Crippen LogP contribution in [0.3, 0.4) is 0 Å². The lowest BCUT2D eigenvalue weighted by molar-refractivity contribution is -0.146. The number of fused-ring (bicyclic) bond motifs is 8. The lowest BCUT2D eigenvalue weighted by atomic mass is 9.91. The number of benzene rings is 4. The van der Waals surface area contributed by atoms with Gasteiger partial charge in [-0.25, -0.2) is 19.2 Å². The van der Waals surface area contributed by atoms with Gasteiger partial charge in [0.05, 0.1) is 26.4 Å². The maximum absolute atomic E-state index is 12.6. The molecule has 0 saturated heterocycles. The Hall–Kier alpha value is -6.04. The normalized spacial score (nSPS) is 11.8. The molecule has 1 aliphatic carbocycles. The lowest BCUT2D eigenvalue weighted by Gasteiger charge is -2.22. The zero-order valence-corrected chi connectivity index (χ0v) is 32.3. The third-order valence-corrected chi connectivity index (χ3v) is 8.79. The molecule has 0 heterocycles. The fraction of sp³-hybridized carbons (Fsp3) is 0.364. The van der Waals surface area contributed by atoms with Crippen LogP contribution in [0.25, 0.3) is 0 Å². The minimum Gasteiger partial charge on any atom is -0.481 e. The number of carbonyl (C=O) groups is 4. The second-order valence-electron chi connectivity index (χ2n) is 12.7. The lowest BCUT2D eigenvalue weighted by Crippen LogP contribution is -2.18. The van der Waals surface area contributed by atoms with E-state index in [1.807, 2.05) is 72.8 Å². The summed E-state index contributed by atoms with van der Waals surface area (Å²) in [7, 11) is 0. The first-order chi connectivity index (χ1) is 27.2. The predicted molar refractivity (Wildman–Crippen MR) is 206 cm³/mol. The molecule has 12 heteroatoms. The smallest absolute Gasteiger partial charge is 0.344 e. The number of hydrogen-bond donors (Lipinski definition) is 0. The molecule has 0 aromatic heterocycles. The van der Waals surface area contributed by atoms with Gasteiger partial charge in [-0.2, -0.15) is 0 Å². The summed E-state index contributed by atoms with van der Waals surface area (Å²) in [5.74, 6) is -0.132. The number of para-hydroxylation sites is 4. The molecule has 1 aliphatic rings. The molecule has 0 radical (unpaired) electrons. The van der Waals surface area contributed by atoms with Gasteiger partial charge in [-0.1, -0.05) is 72.8 Å². The van der Waals surface area contributed by atoms with Gasteiger partial charge in [-0.3, -0.25) is 0 Å². The van der Waals surface area contributed by atoms with Gasteiger partial charge in [0.15, 0.2) is 26.4 Å². The molecule has 0 unspecified atom stereocenters. The minimum atomic E-state index is -0.515. The van der Waals surface area contributed by atoms with Crippen molar-refractivity contribution in [3.05, 3.63) is 117 Å². The monoisotopic (exact) mass is 768 g/mol. The molecule has 4 aromatic carbocycles. The van der Waals surface area contributed by atoms with E-state index in [-0.39, 0.29) is 52.9 Å². The fourth-order valence-corrected chi connectivity index (χ4v) is 6.56. The Kier molecular flexibility index (Phi) is 15.1. The van der Waals surface area contributed by atoms with E-state index >= 15 is 0 Å². The van der Waals surface area contributed by atoms with Crippen LogP contribution < -0.4 is 18.9 Å². The van der Waals surface area contributed by atoms with Crippen LogP contribution in [0.5, 0.6) is 23.0 Å². The van der Waals surface area contributed by atoms with Crippen LogP contribution in [0.2, 0.25) is 0 Å². The van der Waals surface area contributed by atoms with E-state index in [1.54, 1.807) is 27.7 Å². The summed E-state index contributed by atoms with van der Waals surface area (Å²) in [6.45, 7) is 6.46. The summed E-state index contributed by atoms with van der Waals surface area (Å²) in [5.41, 5.74) is 6.02. The summed E-state index contributed by atoms with van der Waals surface area (Å²) in [6.07, 6.45) is 1.21. The molecular weight excluding hydrogens is 720 g/mol. The minimum absolute atomic E-state index is 0.205. The number of ether oxygens (including phenoxy) is 8. The number of hydrogen-bond acceptors (Lipinski definition) is 12. The van der Waals surface area contributed by atoms with Gasteiger partial charge >= 0.3 is 23.9 Å². The van der Waals surface area contributed by atoms with E-state index in [0.29, 0.717) is 48.7 Å². The molecule has 0 aliphatic heterocycles. The quantitative estimate of drug-likeness (QED) is 0.0842. The van der Waals surface area contributed by atoms with Gasteiger partial charge in [-0.05, 0) is 72.2 Å². The highest BCUT2D eigenvalue weighted by Gasteiger charge is 2.23. The predicted octanol–water partition coefficient (Wildman–Crippen LogP) is 6.13. The first kappa shape index (κ1) is 41.1. The van der Waals surface area contributed by atoms with E-state index < -0.39 is 23.9 Å². The van der Waals surface area contributed by atoms with Crippen molar-refractivity contribution in [1.82, 2.24) is 0 Å². The van der Waals surface area contributed by atoms with E-state index in [4.69, 9.17) is 37.9 Å². The molecule has 5 rings (SSSR count). The van der Waals surface area contributed by atoms with Gasteiger partial charge in [0.2, 0.25) is 0 Å². The highest BCUT2D eigenvalue weighted by atomic mass is 16.6. The van der Waals surface area contributed by atoms with E-state index in [1.165, 1.54) is 0 Å². The van der Waals surface area contributed by atoms with Crippen LogP contribution in [-0.2, 0) is 63.8 Å². The van der Waals surface area contributed by atoms with Crippen molar-refractivity contribution in [2.45, 2.75) is 53.4 Å². The zero-order chi connectivity index (χ0) is 39.9. The van der Waals surface area contributed by atoms with Crippen LogP contribution in [-0.4, -0.2) is 76.7 Å². The first-order valence-electron chi connectivity index (χ1n) is 18.8. The van der Waals surface area contributed by atoms with Crippen molar-refractivity contribution in [3.8, 4) is 23.0 Å². The van der Waals surface area contributed by atoms with E-state index in [9.17, 15) is 19.2 Å². The standard InChI is InChI=1S/C44H48O12/c1-5-49-37(45)25-53-41-29-13-9-14-30(41)22-32-16-11-18-34(43(32)55-27-39(47)51-7-3)24-36-20-12-19-35(44(36)56-28-40(48)52-8-4)23-33-17-10-15-31(21-29)42(33)54-26-38(46)50-6-2/h9-20H,5-8,21-28H2,1-4H3. The second-order valence-corrected chi connectivity index (χ2v) is 12.7. The van der Waals surface area contributed by atoms with Crippen molar-refractivity contribution < 1.29 is 57.1 Å². The van der Waals surface area contributed by atoms with Gasteiger partial charge in [-0.15, -0.1) is 0 Å². The Bertz CT molecular complexity index is 1640. The average molecular weight is 769 g/mol. The number of rotatable bonds is 16. The molecule has 56 heavy (non-hydrogen) atoms. The molecule has 0 spiro atoms. The van der Waals surface area contributed by atoms with Crippen LogP contribution in [0.4, 0.5) is 0 Å². The number of carbonyl (C=O) groups excluding carboxylic acids is 4. The van der Waals surface area contributed by atoms with Crippen molar-refractivity contribution in [3.63, 3.8) is 0 Å². The summed E-state index contributed by atoms with van der Waals surface area (Å²) in [4.78, 5) is 50.4. The van der Waals surface area contributed by atoms with Crippen molar-refractivity contribution in [2.75, 3.05) is 52.9 Å². The molecule has 0 N–H and O–H groups in total. The molecule has 12 nitrogen and oxygen atoms in total. The molecular formula is C44H48O12. The third kappa shape index (κ3) is 11.0. The molecule has 8 bridgehead atoms. The van der Waals surface area contributed by atoms with Crippen LogP contribution in [0.1, 0.15) is 72.2 Å². The number of esters is 4. The summed E-state index contributed by atoms with van der Waals surface area (Å²) < 4.78 is 45.8. The van der Waals surface area contributed by atoms with Crippen LogP contribution in [0.15, 0.2) is 72.8 Å². The van der Waals surface area contributed by atoms with E-state index in [0.717, 1.165) is 44.5 Å². The molecule has 0 atom stereocenters. The SMILES string of the molecule is CCOC(=O)COc1c2cccc1Cc1cccc(c1OCC(=O)OCC)Cc1cccc(c1OCC(=O)OCC)Cc1cccc(c1OCC(=O)OCC)C2. The summed E-state index contributed by atoms with van der Waals surface area (Å²) in [6, 6.07) is 22.9. The maximum Gasteiger partial charge on any atom is 0.344 e. The van der Waals surface area contributed by atoms with E-state index in [2.05, 4.69) is 0 Å². The van der Waals surface area contributed by atoms with Gasteiger partial charge in [0.25, 0.3) is 0 Å². The fourth-order valence-electron chi connectivity index (χ4n) is 6.56. The van der Waals surface area contributed by atoms with Crippen molar-refractivity contribution in [2.24, 2.45) is 0 Å². The van der Waals surface area contributed by atoms with Gasteiger partial charge < -0.3 is 37.9 Å². The third-order valence-electron chi connectivity index (χ3n) is 8.79. The molecule has 296 valence electrons. The van der Waals surface area contributed by atoms with Gasteiger partial charge in [0.1, 0.15) is 23.0 Å². The maximum atomic E-state index is 12.6. The molecule has 4 aromatic rings. The largest absolute Gasteiger partial charge is 0.481 e. The summed E-state index contributed by atoms with van der Waals surface area (Å²) >= 11 is 0. The van der Waals surface area contributed by atoms with Crippen molar-refractivity contribution in [1.29, 1.82) is 0 Å². The molecule has 0 amide bonds. The zero-order valence-electron chi connectivity index (χ0n) is 32.3. The van der Waals surface area contributed by atoms with Crippen LogP contribution in [0, 0.1) is 0 Å². The van der Waals surface area contributed by atoms with Crippen molar-refractivity contribution >= 4 is 23.9 Å². The molecule has 0 saturated carbocycles. The molecule has 0 fully saturated rings. The topological polar surface area (TPSA) is 142 Å². The average Bonchev–Trinajstić information content (AvgIpc) is 3.17. The Morgan fingerprint density at radius 1 is 0.357 bits per heavy atom. The highest BCUT2D eigenvalue weighted by molar-refractivity contribution is 5.73. The Morgan fingerprint density at radius 3 is 0.696 bits per heavy atom. The Balaban J connectivity index is 1.72. The summed E-state index contributed by atoms with van der Waals surface area (Å²) in [5, 5.41) is 0.